The maximum atomic E-state index is 13.3. The highest BCUT2D eigenvalue weighted by Crippen LogP contribution is 2.16. The van der Waals surface area contributed by atoms with Gasteiger partial charge in [0.2, 0.25) is 0 Å². The number of hydrogen-bond donors (Lipinski definition) is 3. The van der Waals surface area contributed by atoms with Crippen LogP contribution in [0.25, 0.3) is 0 Å². The lowest BCUT2D eigenvalue weighted by molar-refractivity contribution is -0.140. The summed E-state index contributed by atoms with van der Waals surface area (Å²) in [7, 11) is 0. The van der Waals surface area contributed by atoms with E-state index in [2.05, 4.69) is 21.2 Å². The van der Waals surface area contributed by atoms with Gasteiger partial charge in [-0.3, -0.25) is 9.59 Å². The Hall–Kier alpha value is -1.96. The van der Waals surface area contributed by atoms with Crippen molar-refractivity contribution in [3.63, 3.8) is 0 Å². The van der Waals surface area contributed by atoms with Gasteiger partial charge < -0.3 is 15.5 Å². The van der Waals surface area contributed by atoms with Crippen LogP contribution in [0.3, 0.4) is 0 Å². The minimum atomic E-state index is -1.35. The van der Waals surface area contributed by atoms with Crippen LogP contribution in [0, 0.1) is 5.82 Å². The summed E-state index contributed by atoms with van der Waals surface area (Å²) in [5, 5.41) is 19.5. The second-order valence-corrected chi connectivity index (χ2v) is 4.78. The number of nitrogens with one attached hydrogen (secondary N) is 1. The molecule has 108 valence electrons. The Morgan fingerprint density at radius 1 is 1.30 bits per heavy atom. The number of benzene rings is 1. The molecule has 6 nitrogen and oxygen atoms in total. The molecular weight excluding hydrogens is 337 g/mol. The molecule has 1 aromatic carbocycles. The normalized spacial score (nSPS) is 11.7. The monoisotopic (exact) mass is 347 g/mol. The highest BCUT2D eigenvalue weighted by Gasteiger charge is 2.21. The molecule has 1 aromatic rings. The third-order valence-corrected chi connectivity index (χ3v) is 3.08. The van der Waals surface area contributed by atoms with Crippen LogP contribution in [0.15, 0.2) is 22.7 Å². The van der Waals surface area contributed by atoms with Crippen LogP contribution in [0.2, 0.25) is 0 Å². The maximum absolute atomic E-state index is 13.3. The number of amides is 1. The fourth-order valence-corrected chi connectivity index (χ4v) is 1.65. The van der Waals surface area contributed by atoms with Crippen LogP contribution in [0.5, 0.6) is 0 Å². The summed E-state index contributed by atoms with van der Waals surface area (Å²) in [4.78, 5) is 33.1. The zero-order valence-corrected chi connectivity index (χ0v) is 11.7. The molecule has 1 atom stereocenters. The van der Waals surface area contributed by atoms with Crippen molar-refractivity contribution >= 4 is 33.8 Å². The van der Waals surface area contributed by atoms with Gasteiger partial charge in [-0.15, -0.1) is 0 Å². The average molecular weight is 348 g/mol. The molecule has 0 aromatic heterocycles. The third kappa shape index (κ3) is 4.61. The molecule has 0 bridgehead atoms. The van der Waals surface area contributed by atoms with E-state index in [4.69, 9.17) is 10.2 Å². The summed E-state index contributed by atoms with van der Waals surface area (Å²) in [6, 6.07) is 2.25. The zero-order valence-electron chi connectivity index (χ0n) is 10.1. The average Bonchev–Trinajstić information content (AvgIpc) is 2.36. The Bertz CT molecular complexity index is 549. The number of carbonyl (C=O) groups is 3. The second-order valence-electron chi connectivity index (χ2n) is 3.93. The van der Waals surface area contributed by atoms with Crippen LogP contribution >= 0.6 is 15.9 Å². The number of rotatable bonds is 6. The molecule has 0 aliphatic heterocycles. The van der Waals surface area contributed by atoms with Gasteiger partial charge in [0.15, 0.2) is 0 Å². The van der Waals surface area contributed by atoms with Crippen molar-refractivity contribution in [3.05, 3.63) is 34.1 Å². The van der Waals surface area contributed by atoms with E-state index < -0.39 is 36.1 Å². The Kier molecular flexibility index (Phi) is 5.63. The van der Waals surface area contributed by atoms with Gasteiger partial charge in [-0.1, -0.05) is 0 Å². The van der Waals surface area contributed by atoms with Gasteiger partial charge in [0.05, 0.1) is 4.47 Å². The first kappa shape index (κ1) is 16.1. The molecule has 0 saturated heterocycles. The smallest absolute Gasteiger partial charge is 0.326 e. The first-order valence-corrected chi connectivity index (χ1v) is 6.31. The van der Waals surface area contributed by atoms with Gasteiger partial charge in [0.1, 0.15) is 11.9 Å². The van der Waals surface area contributed by atoms with Crippen molar-refractivity contribution in [1.29, 1.82) is 0 Å². The number of carboxylic acids is 2. The van der Waals surface area contributed by atoms with Crippen LogP contribution < -0.4 is 5.32 Å². The van der Waals surface area contributed by atoms with Gasteiger partial charge in [-0.2, -0.15) is 0 Å². The molecule has 20 heavy (non-hydrogen) atoms. The topological polar surface area (TPSA) is 104 Å². The number of hydrogen-bond acceptors (Lipinski definition) is 3. The molecule has 0 aliphatic rings. The predicted molar refractivity (Wildman–Crippen MR) is 69.9 cm³/mol. The van der Waals surface area contributed by atoms with Crippen molar-refractivity contribution in [2.45, 2.75) is 18.9 Å². The molecule has 8 heteroatoms. The molecule has 0 saturated carbocycles. The van der Waals surface area contributed by atoms with Crippen molar-refractivity contribution in [1.82, 2.24) is 5.32 Å². The number of carboxylic acid groups (broad SMARTS) is 2. The lowest BCUT2D eigenvalue weighted by Gasteiger charge is -2.13. The van der Waals surface area contributed by atoms with Crippen LogP contribution in [-0.4, -0.2) is 34.1 Å². The number of carbonyl (C=O) groups excluding carboxylic acids is 1. The molecular formula is C12H11BrFNO5. The van der Waals surface area contributed by atoms with E-state index in [1.165, 1.54) is 12.1 Å². The van der Waals surface area contributed by atoms with Crippen molar-refractivity contribution in [3.8, 4) is 0 Å². The predicted octanol–water partition coefficient (Wildman–Crippen LogP) is 1.64. The van der Waals surface area contributed by atoms with Crippen LogP contribution in [-0.2, 0) is 9.59 Å². The first-order valence-electron chi connectivity index (χ1n) is 5.51. The Balaban J connectivity index is 2.77. The van der Waals surface area contributed by atoms with Crippen molar-refractivity contribution in [2.24, 2.45) is 0 Å². The SMILES string of the molecule is O=C(O)CC[C@H](NC(=O)c1ccc(Br)c(F)c1)C(=O)O. The molecule has 0 radical (unpaired) electrons. The highest BCUT2D eigenvalue weighted by atomic mass is 79.9. The van der Waals surface area contributed by atoms with Crippen molar-refractivity contribution in [2.75, 3.05) is 0 Å². The summed E-state index contributed by atoms with van der Waals surface area (Å²) < 4.78 is 13.4. The molecule has 0 spiro atoms. The number of halogens is 2. The summed E-state index contributed by atoms with van der Waals surface area (Å²) in [5.41, 5.74) is -0.0488. The van der Waals surface area contributed by atoms with Crippen LogP contribution in [0.1, 0.15) is 23.2 Å². The van der Waals surface area contributed by atoms with Gasteiger partial charge in [0, 0.05) is 12.0 Å². The molecule has 0 unspecified atom stereocenters. The molecule has 1 amide bonds. The minimum Gasteiger partial charge on any atom is -0.481 e. The maximum Gasteiger partial charge on any atom is 0.326 e. The van der Waals surface area contributed by atoms with Crippen molar-refractivity contribution < 1.29 is 29.0 Å². The van der Waals surface area contributed by atoms with Gasteiger partial charge in [-0.25, -0.2) is 9.18 Å². The summed E-state index contributed by atoms with van der Waals surface area (Å²) in [5.74, 6) is -3.96. The Morgan fingerprint density at radius 3 is 2.45 bits per heavy atom. The van der Waals surface area contributed by atoms with Gasteiger partial charge >= 0.3 is 11.9 Å². The van der Waals surface area contributed by atoms with Gasteiger partial charge in [-0.05, 0) is 40.5 Å². The standard InChI is InChI=1S/C12H11BrFNO5/c13-7-2-1-6(5-8(7)14)11(18)15-9(12(19)20)3-4-10(16)17/h1-2,5,9H,3-4H2,(H,15,18)(H,16,17)(H,19,20)/t9-/m0/s1. The number of aliphatic carboxylic acids is 2. The van der Waals surface area contributed by atoms with E-state index in [9.17, 15) is 18.8 Å². The molecule has 0 heterocycles. The fourth-order valence-electron chi connectivity index (χ4n) is 1.40. The van der Waals surface area contributed by atoms with Crippen LogP contribution in [0.4, 0.5) is 4.39 Å². The van der Waals surface area contributed by atoms with E-state index in [-0.39, 0.29) is 16.5 Å². The Labute approximate surface area is 121 Å². The fraction of sp³-hybridized carbons (Fsp3) is 0.250. The quantitative estimate of drug-likeness (QED) is 0.725. The third-order valence-electron chi connectivity index (χ3n) is 2.43. The summed E-state index contributed by atoms with van der Waals surface area (Å²) in [6.45, 7) is 0. The summed E-state index contributed by atoms with van der Waals surface area (Å²) >= 11 is 2.93. The lowest BCUT2D eigenvalue weighted by atomic mass is 10.1. The van der Waals surface area contributed by atoms with E-state index in [0.29, 0.717) is 0 Å². The highest BCUT2D eigenvalue weighted by molar-refractivity contribution is 9.10. The lowest BCUT2D eigenvalue weighted by Crippen LogP contribution is -2.41. The Morgan fingerprint density at radius 2 is 1.95 bits per heavy atom. The second kappa shape index (κ2) is 6.99. The van der Waals surface area contributed by atoms with E-state index in [1.54, 1.807) is 0 Å². The molecule has 1 rings (SSSR count). The molecule has 0 fully saturated rings. The largest absolute Gasteiger partial charge is 0.481 e. The van der Waals surface area contributed by atoms with E-state index in [0.717, 1.165) is 6.07 Å². The first-order chi connectivity index (χ1) is 9.31. The van der Waals surface area contributed by atoms with Gasteiger partial charge in [0.25, 0.3) is 5.91 Å². The minimum absolute atomic E-state index is 0.0488. The van der Waals surface area contributed by atoms with E-state index in [1.807, 2.05) is 0 Å². The molecule has 0 aliphatic carbocycles. The summed E-state index contributed by atoms with van der Waals surface area (Å²) in [6.07, 6.45) is -0.651. The van der Waals surface area contributed by atoms with E-state index >= 15 is 0 Å². The molecule has 3 N–H and O–H groups in total. The zero-order chi connectivity index (χ0) is 15.3.